The van der Waals surface area contributed by atoms with Crippen LogP contribution in [0.5, 0.6) is 0 Å². The number of nitrogens with two attached hydrogens (primary N) is 3. The highest BCUT2D eigenvalue weighted by Crippen LogP contribution is 2.16. The van der Waals surface area contributed by atoms with Crippen LogP contribution >= 0.6 is 0 Å². The van der Waals surface area contributed by atoms with Crippen molar-refractivity contribution in [2.45, 2.75) is 78.6 Å². The number of guanidine groups is 1. The molecule has 1 rings (SSSR count). The molecule has 0 saturated heterocycles. The topological polar surface area (TPSA) is 156 Å². The highest BCUT2D eigenvalue weighted by molar-refractivity contribution is 6.05. The fraction of sp³-hybridized carbons (Fsp3) is 0.542. The summed E-state index contributed by atoms with van der Waals surface area (Å²) < 4.78 is 0. The van der Waals surface area contributed by atoms with Crippen LogP contribution in [0, 0.1) is 5.41 Å². The van der Waals surface area contributed by atoms with Crippen molar-refractivity contribution in [3.8, 4) is 0 Å². The third-order valence-corrected chi connectivity index (χ3v) is 5.09. The SMILES string of the molecule is CCCCCCCCCC(=O)Cc1cc(C(C)=NCC(=N)N)cc(/C(C)=N/N=C(N)N)c1. The molecule has 0 spiro atoms. The van der Waals surface area contributed by atoms with Gasteiger partial charge >= 0.3 is 0 Å². The molecule has 0 aliphatic rings. The number of hydrogen-bond donors (Lipinski definition) is 4. The Kier molecular flexibility index (Phi) is 12.6. The molecule has 0 bridgehead atoms. The summed E-state index contributed by atoms with van der Waals surface area (Å²) in [5.74, 6) is 0.0969. The summed E-state index contributed by atoms with van der Waals surface area (Å²) >= 11 is 0. The minimum atomic E-state index is -0.121. The van der Waals surface area contributed by atoms with Gasteiger partial charge in [-0.15, -0.1) is 5.10 Å². The predicted octanol–water partition coefficient (Wildman–Crippen LogP) is 3.68. The molecule has 0 fully saturated rings. The molecule has 0 aliphatic carbocycles. The third kappa shape index (κ3) is 11.4. The molecule has 0 radical (unpaired) electrons. The maximum atomic E-state index is 12.6. The van der Waals surface area contributed by atoms with E-state index < -0.39 is 0 Å². The van der Waals surface area contributed by atoms with Crippen molar-refractivity contribution in [2.24, 2.45) is 32.4 Å². The molecule has 176 valence electrons. The van der Waals surface area contributed by atoms with Crippen molar-refractivity contribution in [3.63, 3.8) is 0 Å². The number of Topliss-reactive ketones (excluding diaryl/α,β-unsaturated/α-hetero) is 1. The molecule has 32 heavy (non-hydrogen) atoms. The Morgan fingerprint density at radius 1 is 0.875 bits per heavy atom. The number of aliphatic imine (C=N–C) groups is 1. The number of nitrogens with one attached hydrogen (secondary N) is 1. The van der Waals surface area contributed by atoms with Gasteiger partial charge in [0.15, 0.2) is 0 Å². The first-order valence-corrected chi connectivity index (χ1v) is 11.4. The van der Waals surface area contributed by atoms with E-state index >= 15 is 0 Å². The number of benzene rings is 1. The van der Waals surface area contributed by atoms with Crippen LogP contribution in [-0.2, 0) is 11.2 Å². The van der Waals surface area contributed by atoms with Gasteiger partial charge in [0.25, 0.3) is 0 Å². The van der Waals surface area contributed by atoms with E-state index in [1.54, 1.807) is 6.92 Å². The molecule has 0 heterocycles. The van der Waals surface area contributed by atoms with E-state index in [-0.39, 0.29) is 24.1 Å². The Morgan fingerprint density at radius 3 is 2.06 bits per heavy atom. The summed E-state index contributed by atoms with van der Waals surface area (Å²) in [6.07, 6.45) is 9.24. The van der Waals surface area contributed by atoms with E-state index in [0.29, 0.717) is 18.6 Å². The Bertz CT molecular complexity index is 852. The third-order valence-electron chi connectivity index (χ3n) is 5.09. The maximum Gasteiger partial charge on any atom is 0.211 e. The van der Waals surface area contributed by atoms with Gasteiger partial charge in [-0.2, -0.15) is 5.10 Å². The number of carbonyl (C=O) groups is 1. The van der Waals surface area contributed by atoms with E-state index in [0.717, 1.165) is 35.2 Å². The van der Waals surface area contributed by atoms with Crippen molar-refractivity contribution in [1.82, 2.24) is 0 Å². The van der Waals surface area contributed by atoms with Crippen LogP contribution in [0.2, 0.25) is 0 Å². The summed E-state index contributed by atoms with van der Waals surface area (Å²) in [4.78, 5) is 16.9. The quantitative estimate of drug-likeness (QED) is 0.142. The monoisotopic (exact) mass is 441 g/mol. The Hall–Kier alpha value is -3.03. The number of hydrogen-bond acceptors (Lipinski definition) is 5. The van der Waals surface area contributed by atoms with Crippen LogP contribution in [0.3, 0.4) is 0 Å². The van der Waals surface area contributed by atoms with Crippen LogP contribution in [0.4, 0.5) is 0 Å². The van der Waals surface area contributed by atoms with Crippen LogP contribution in [0.15, 0.2) is 33.4 Å². The summed E-state index contributed by atoms with van der Waals surface area (Å²) in [7, 11) is 0. The van der Waals surface area contributed by atoms with Gasteiger partial charge in [-0.3, -0.25) is 15.2 Å². The molecule has 8 heteroatoms. The Balaban J connectivity index is 2.93. The highest BCUT2D eigenvalue weighted by Gasteiger charge is 2.10. The van der Waals surface area contributed by atoms with Gasteiger partial charge in [0.1, 0.15) is 11.6 Å². The normalized spacial score (nSPS) is 12.0. The number of unbranched alkanes of at least 4 members (excludes halogenated alkanes) is 6. The van der Waals surface area contributed by atoms with Crippen molar-refractivity contribution >= 4 is 29.0 Å². The van der Waals surface area contributed by atoms with E-state index in [1.807, 2.05) is 25.1 Å². The molecule has 8 nitrogen and oxygen atoms in total. The van der Waals surface area contributed by atoms with Crippen LogP contribution < -0.4 is 17.2 Å². The molecular formula is C24H39N7O. The lowest BCUT2D eigenvalue weighted by molar-refractivity contribution is -0.118. The van der Waals surface area contributed by atoms with Crippen LogP contribution in [-0.4, -0.2) is 35.5 Å². The first-order chi connectivity index (χ1) is 15.2. The molecule has 1 aromatic carbocycles. The average Bonchev–Trinajstić information content (AvgIpc) is 2.74. The van der Waals surface area contributed by atoms with Crippen molar-refractivity contribution in [2.75, 3.05) is 6.54 Å². The van der Waals surface area contributed by atoms with Crippen molar-refractivity contribution in [1.29, 1.82) is 5.41 Å². The van der Waals surface area contributed by atoms with E-state index in [4.69, 9.17) is 22.6 Å². The second-order valence-electron chi connectivity index (χ2n) is 8.14. The van der Waals surface area contributed by atoms with Gasteiger partial charge in [-0.05, 0) is 55.2 Å². The number of nitrogens with zero attached hydrogens (tertiary/aromatic N) is 3. The number of ketones is 1. The zero-order valence-corrected chi connectivity index (χ0v) is 19.8. The van der Waals surface area contributed by atoms with Gasteiger partial charge in [0.2, 0.25) is 5.96 Å². The van der Waals surface area contributed by atoms with E-state index in [2.05, 4.69) is 22.1 Å². The van der Waals surface area contributed by atoms with Gasteiger partial charge in [0.05, 0.1) is 12.3 Å². The molecule has 0 saturated carbocycles. The number of amidine groups is 1. The maximum absolute atomic E-state index is 12.6. The standard InChI is InChI=1S/C24H39N7O/c1-4-5-6-7-8-9-10-11-22(32)14-19-12-20(17(2)29-16-23(25)26)15-21(13-19)18(3)30-31-24(27)28/h12-13,15H,4-11,14,16H2,1-3H3,(H3,25,26)(H4,27,28,31)/b29-17?,30-18+. The number of rotatable bonds is 15. The Labute approximate surface area is 192 Å². The molecule has 0 atom stereocenters. The van der Waals surface area contributed by atoms with Crippen molar-refractivity contribution < 1.29 is 4.79 Å². The first-order valence-electron chi connectivity index (χ1n) is 11.4. The minimum absolute atomic E-state index is 0.00361. The van der Waals surface area contributed by atoms with E-state index in [1.165, 1.54) is 32.1 Å². The highest BCUT2D eigenvalue weighted by atomic mass is 16.1. The lowest BCUT2D eigenvalue weighted by Gasteiger charge is -2.10. The molecular weight excluding hydrogens is 402 g/mol. The molecule has 1 aromatic rings. The zero-order chi connectivity index (χ0) is 23.9. The molecule has 0 amide bonds. The summed E-state index contributed by atoms with van der Waals surface area (Å²) in [6.45, 7) is 6.00. The lowest BCUT2D eigenvalue weighted by atomic mass is 9.96. The summed E-state index contributed by atoms with van der Waals surface area (Å²) in [5, 5.41) is 15.2. The summed E-state index contributed by atoms with van der Waals surface area (Å²) in [5.41, 5.74) is 20.1. The molecule has 7 N–H and O–H groups in total. The fourth-order valence-corrected chi connectivity index (χ4v) is 3.29. The predicted molar refractivity (Wildman–Crippen MR) is 135 cm³/mol. The summed E-state index contributed by atoms with van der Waals surface area (Å²) in [6, 6.07) is 5.81. The smallest absolute Gasteiger partial charge is 0.211 e. The largest absolute Gasteiger partial charge is 0.386 e. The minimum Gasteiger partial charge on any atom is -0.386 e. The van der Waals surface area contributed by atoms with Gasteiger partial charge in [-0.25, -0.2) is 0 Å². The van der Waals surface area contributed by atoms with Gasteiger partial charge in [-0.1, -0.05) is 45.4 Å². The molecule has 0 aliphatic heterocycles. The second kappa shape index (κ2) is 14.9. The number of carbonyl (C=O) groups excluding carboxylic acids is 1. The van der Waals surface area contributed by atoms with Gasteiger partial charge in [0, 0.05) is 18.6 Å². The second-order valence-corrected chi connectivity index (χ2v) is 8.14. The van der Waals surface area contributed by atoms with Crippen LogP contribution in [0.25, 0.3) is 0 Å². The van der Waals surface area contributed by atoms with Crippen molar-refractivity contribution in [3.05, 3.63) is 34.9 Å². The van der Waals surface area contributed by atoms with E-state index in [9.17, 15) is 4.79 Å². The molecule has 0 unspecified atom stereocenters. The zero-order valence-electron chi connectivity index (χ0n) is 19.8. The molecule has 0 aromatic heterocycles. The average molecular weight is 442 g/mol. The van der Waals surface area contributed by atoms with Gasteiger partial charge < -0.3 is 17.2 Å². The van der Waals surface area contributed by atoms with Crippen LogP contribution in [0.1, 0.15) is 88.8 Å². The lowest BCUT2D eigenvalue weighted by Crippen LogP contribution is -2.22. The fourth-order valence-electron chi connectivity index (χ4n) is 3.29. The first kappa shape index (κ1) is 27.0. The Morgan fingerprint density at radius 2 is 1.47 bits per heavy atom.